The van der Waals surface area contributed by atoms with Gasteiger partial charge in [-0.25, -0.2) is 9.59 Å². The Kier molecular flexibility index (Phi) is 5.80. The van der Waals surface area contributed by atoms with E-state index in [1.54, 1.807) is 31.4 Å². The van der Waals surface area contributed by atoms with Crippen LogP contribution in [0.3, 0.4) is 0 Å². The molecule has 6 nitrogen and oxygen atoms in total. The number of hydrogen-bond acceptors (Lipinski definition) is 6. The van der Waals surface area contributed by atoms with Gasteiger partial charge in [-0.15, -0.1) is 0 Å². The average Bonchev–Trinajstić information content (AvgIpc) is 3.05. The van der Waals surface area contributed by atoms with Crippen LogP contribution in [0.2, 0.25) is 0 Å². The van der Waals surface area contributed by atoms with E-state index in [-0.39, 0.29) is 35.1 Å². The van der Waals surface area contributed by atoms with Crippen molar-refractivity contribution in [2.45, 2.75) is 44.8 Å². The highest BCUT2D eigenvalue weighted by Gasteiger charge is 2.54. The van der Waals surface area contributed by atoms with Crippen LogP contribution >= 0.6 is 0 Å². The SMILES string of the molecule is C=C1C(=O)O[C@@H]2C[C@@]3(C)CC[C@@H](OC(=O)/C=C/C(=O)c4ccc(OC)cc4)C(=C)[C@@H]3C[C@H]12. The van der Waals surface area contributed by atoms with Crippen molar-refractivity contribution in [3.63, 3.8) is 0 Å². The second-order valence-electron chi connectivity index (χ2n) is 9.19. The molecule has 2 aliphatic carbocycles. The maximum absolute atomic E-state index is 12.4. The van der Waals surface area contributed by atoms with Gasteiger partial charge in [0.2, 0.25) is 0 Å². The van der Waals surface area contributed by atoms with Crippen molar-refractivity contribution in [2.75, 3.05) is 7.11 Å². The van der Waals surface area contributed by atoms with Gasteiger partial charge in [-0.3, -0.25) is 4.79 Å². The minimum atomic E-state index is -0.570. The summed E-state index contributed by atoms with van der Waals surface area (Å²) in [5, 5.41) is 0. The van der Waals surface area contributed by atoms with E-state index in [0.29, 0.717) is 23.3 Å². The third kappa shape index (κ3) is 4.01. The maximum Gasteiger partial charge on any atom is 0.334 e. The lowest BCUT2D eigenvalue weighted by molar-refractivity contribution is -0.147. The lowest BCUT2D eigenvalue weighted by Gasteiger charge is -2.51. The molecule has 4 rings (SSSR count). The molecule has 0 unspecified atom stereocenters. The summed E-state index contributed by atoms with van der Waals surface area (Å²) in [7, 11) is 1.55. The molecule has 0 bridgehead atoms. The van der Waals surface area contributed by atoms with Crippen molar-refractivity contribution in [2.24, 2.45) is 17.3 Å². The minimum Gasteiger partial charge on any atom is -0.497 e. The summed E-state index contributed by atoms with van der Waals surface area (Å²) in [6.07, 6.45) is 4.85. The standard InChI is InChI=1S/C26H28O6/c1-15-19-13-20-16(2)22(11-12-26(20,3)14-23(19)32-25(15)29)31-24(28)10-9-21(27)17-5-7-18(30-4)8-6-17/h5-10,19-20,22-23H,1-2,11-14H2,3-4H3/b10-9+/t19-,20+,22-,23-,26-/m1/s1. The predicted octanol–water partition coefficient (Wildman–Crippen LogP) is 4.21. The van der Waals surface area contributed by atoms with E-state index in [1.807, 2.05) is 0 Å². The quantitative estimate of drug-likeness (QED) is 0.298. The van der Waals surface area contributed by atoms with Crippen molar-refractivity contribution in [1.82, 2.24) is 0 Å². The molecule has 0 N–H and O–H groups in total. The molecule has 1 aromatic carbocycles. The Morgan fingerprint density at radius 2 is 1.91 bits per heavy atom. The first-order chi connectivity index (χ1) is 15.2. The van der Waals surface area contributed by atoms with Gasteiger partial charge < -0.3 is 14.2 Å². The summed E-state index contributed by atoms with van der Waals surface area (Å²) in [6, 6.07) is 6.66. The number of ketones is 1. The third-order valence-corrected chi connectivity index (χ3v) is 7.26. The number of hydrogen-bond donors (Lipinski definition) is 0. The van der Waals surface area contributed by atoms with Gasteiger partial charge in [0, 0.05) is 23.1 Å². The molecule has 5 atom stereocenters. The molecule has 1 heterocycles. The van der Waals surface area contributed by atoms with Gasteiger partial charge in [0.15, 0.2) is 5.78 Å². The highest BCUT2D eigenvalue weighted by atomic mass is 16.6. The first-order valence-corrected chi connectivity index (χ1v) is 10.9. The monoisotopic (exact) mass is 436 g/mol. The average molecular weight is 437 g/mol. The molecule has 168 valence electrons. The predicted molar refractivity (Wildman–Crippen MR) is 118 cm³/mol. The molecule has 2 saturated carbocycles. The van der Waals surface area contributed by atoms with Crippen molar-refractivity contribution in [3.8, 4) is 5.75 Å². The number of fused-ring (bicyclic) bond motifs is 2. The summed E-state index contributed by atoms with van der Waals surface area (Å²) in [4.78, 5) is 36.7. The van der Waals surface area contributed by atoms with Crippen molar-refractivity contribution in [3.05, 3.63) is 66.3 Å². The highest BCUT2D eigenvalue weighted by molar-refractivity contribution is 6.07. The van der Waals surface area contributed by atoms with Crippen LogP contribution in [-0.4, -0.2) is 37.0 Å². The van der Waals surface area contributed by atoms with Gasteiger partial charge in [-0.1, -0.05) is 20.1 Å². The molecule has 0 aromatic heterocycles. The van der Waals surface area contributed by atoms with E-state index >= 15 is 0 Å². The van der Waals surface area contributed by atoms with Crippen LogP contribution in [0, 0.1) is 17.3 Å². The molecule has 1 aliphatic heterocycles. The fraction of sp³-hybridized carbons (Fsp3) is 0.423. The molecule has 3 fully saturated rings. The molecule has 1 saturated heterocycles. The lowest BCUT2D eigenvalue weighted by atomic mass is 9.55. The molecule has 0 spiro atoms. The maximum atomic E-state index is 12.4. The van der Waals surface area contributed by atoms with E-state index in [9.17, 15) is 14.4 Å². The molecule has 3 aliphatic rings. The summed E-state index contributed by atoms with van der Waals surface area (Å²) < 4.78 is 16.3. The van der Waals surface area contributed by atoms with E-state index in [1.165, 1.54) is 6.08 Å². The minimum absolute atomic E-state index is 0.00575. The largest absolute Gasteiger partial charge is 0.497 e. The number of methoxy groups -OCH3 is 1. The van der Waals surface area contributed by atoms with Gasteiger partial charge in [-0.05, 0) is 72.9 Å². The van der Waals surface area contributed by atoms with Gasteiger partial charge >= 0.3 is 11.9 Å². The Morgan fingerprint density at radius 1 is 1.19 bits per heavy atom. The Bertz CT molecular complexity index is 1000. The van der Waals surface area contributed by atoms with E-state index < -0.39 is 12.1 Å². The van der Waals surface area contributed by atoms with Crippen LogP contribution in [-0.2, 0) is 19.1 Å². The second-order valence-corrected chi connectivity index (χ2v) is 9.19. The molecule has 32 heavy (non-hydrogen) atoms. The third-order valence-electron chi connectivity index (χ3n) is 7.26. The molecule has 0 radical (unpaired) electrons. The van der Waals surface area contributed by atoms with E-state index in [0.717, 1.165) is 30.9 Å². The van der Waals surface area contributed by atoms with E-state index in [2.05, 4.69) is 20.1 Å². The smallest absolute Gasteiger partial charge is 0.334 e. The Morgan fingerprint density at radius 3 is 2.59 bits per heavy atom. The summed E-state index contributed by atoms with van der Waals surface area (Å²) >= 11 is 0. The molecule has 0 amide bonds. The fourth-order valence-corrected chi connectivity index (χ4v) is 5.34. The van der Waals surface area contributed by atoms with Crippen molar-refractivity contribution < 1.29 is 28.6 Å². The Labute approximate surface area is 187 Å². The highest BCUT2D eigenvalue weighted by Crippen LogP contribution is 2.57. The zero-order valence-corrected chi connectivity index (χ0v) is 18.5. The number of carbonyl (C=O) groups excluding carboxylic acids is 3. The lowest BCUT2D eigenvalue weighted by Crippen LogP contribution is -2.47. The number of rotatable bonds is 5. The number of allylic oxidation sites excluding steroid dienone is 1. The van der Waals surface area contributed by atoms with Crippen molar-refractivity contribution >= 4 is 17.7 Å². The molecular formula is C26H28O6. The van der Waals surface area contributed by atoms with Gasteiger partial charge in [0.25, 0.3) is 0 Å². The number of ether oxygens (including phenoxy) is 3. The van der Waals surface area contributed by atoms with Crippen LogP contribution in [0.5, 0.6) is 5.75 Å². The zero-order valence-electron chi connectivity index (χ0n) is 18.5. The second kappa shape index (κ2) is 8.41. The van der Waals surface area contributed by atoms with Gasteiger partial charge in [-0.2, -0.15) is 0 Å². The summed E-state index contributed by atoms with van der Waals surface area (Å²) in [5.41, 5.74) is 1.81. The van der Waals surface area contributed by atoms with Gasteiger partial charge in [0.05, 0.1) is 7.11 Å². The Hall–Kier alpha value is -3.15. The van der Waals surface area contributed by atoms with Crippen LogP contribution < -0.4 is 4.74 Å². The molecule has 1 aromatic rings. The normalized spacial score (nSPS) is 31.6. The van der Waals surface area contributed by atoms with Crippen LogP contribution in [0.1, 0.15) is 43.0 Å². The number of esters is 2. The first-order valence-electron chi connectivity index (χ1n) is 10.9. The van der Waals surface area contributed by atoms with Crippen LogP contribution in [0.25, 0.3) is 0 Å². The summed E-state index contributed by atoms with van der Waals surface area (Å²) in [5.74, 6) is -0.400. The summed E-state index contributed by atoms with van der Waals surface area (Å²) in [6.45, 7) is 10.4. The number of carbonyl (C=O) groups is 3. The topological polar surface area (TPSA) is 78.9 Å². The van der Waals surface area contributed by atoms with Gasteiger partial charge in [0.1, 0.15) is 18.0 Å². The number of benzene rings is 1. The Balaban J connectivity index is 1.38. The van der Waals surface area contributed by atoms with Crippen LogP contribution in [0.4, 0.5) is 0 Å². The molecule has 6 heteroatoms. The van der Waals surface area contributed by atoms with Crippen LogP contribution in [0.15, 0.2) is 60.7 Å². The van der Waals surface area contributed by atoms with Crippen molar-refractivity contribution in [1.29, 1.82) is 0 Å². The first kappa shape index (κ1) is 22.1. The molecular weight excluding hydrogens is 408 g/mol. The van der Waals surface area contributed by atoms with E-state index in [4.69, 9.17) is 14.2 Å². The zero-order chi connectivity index (χ0) is 23.0. The fourth-order valence-electron chi connectivity index (χ4n) is 5.34.